The first-order valence-electron chi connectivity index (χ1n) is 8.27. The Hall–Kier alpha value is -2.82. The molecule has 5 heteroatoms. The Labute approximate surface area is 148 Å². The Morgan fingerprint density at radius 1 is 1.08 bits per heavy atom. The number of carbonyl (C=O) groups excluding carboxylic acids is 2. The van der Waals surface area contributed by atoms with E-state index in [9.17, 15) is 9.59 Å². The Bertz CT molecular complexity index is 739. The van der Waals surface area contributed by atoms with E-state index in [0.29, 0.717) is 23.4 Å². The SMILES string of the molecule is CCC(Oc1ccc(C)cc1)C(=O)Nc1ccccc1C(=O)N(C)C. The summed E-state index contributed by atoms with van der Waals surface area (Å²) < 4.78 is 5.79. The van der Waals surface area contributed by atoms with Crippen LogP contribution in [0.1, 0.15) is 29.3 Å². The number of nitrogens with one attached hydrogen (secondary N) is 1. The molecule has 132 valence electrons. The van der Waals surface area contributed by atoms with Crippen molar-refractivity contribution >= 4 is 17.5 Å². The van der Waals surface area contributed by atoms with Crippen molar-refractivity contribution in [3.63, 3.8) is 0 Å². The van der Waals surface area contributed by atoms with Gasteiger partial charge in [0.15, 0.2) is 6.10 Å². The van der Waals surface area contributed by atoms with Crippen LogP contribution in [0.4, 0.5) is 5.69 Å². The lowest BCUT2D eigenvalue weighted by atomic mass is 10.1. The van der Waals surface area contributed by atoms with Crippen molar-refractivity contribution in [1.82, 2.24) is 4.90 Å². The van der Waals surface area contributed by atoms with Gasteiger partial charge >= 0.3 is 0 Å². The summed E-state index contributed by atoms with van der Waals surface area (Å²) in [5.74, 6) is 0.204. The molecule has 2 rings (SSSR count). The summed E-state index contributed by atoms with van der Waals surface area (Å²) >= 11 is 0. The summed E-state index contributed by atoms with van der Waals surface area (Å²) in [6, 6.07) is 14.5. The number of benzene rings is 2. The van der Waals surface area contributed by atoms with Crippen LogP contribution in [0.2, 0.25) is 0 Å². The summed E-state index contributed by atoms with van der Waals surface area (Å²) in [7, 11) is 3.35. The molecule has 2 aromatic carbocycles. The normalized spacial score (nSPS) is 11.5. The third kappa shape index (κ3) is 4.83. The van der Waals surface area contributed by atoms with Crippen LogP contribution in [-0.2, 0) is 4.79 Å². The predicted octanol–water partition coefficient (Wildman–Crippen LogP) is 3.49. The maximum absolute atomic E-state index is 12.6. The van der Waals surface area contributed by atoms with Gasteiger partial charge in [-0.25, -0.2) is 0 Å². The second kappa shape index (κ2) is 8.33. The largest absolute Gasteiger partial charge is 0.481 e. The van der Waals surface area contributed by atoms with Gasteiger partial charge < -0.3 is 15.0 Å². The zero-order chi connectivity index (χ0) is 18.4. The molecule has 0 aliphatic carbocycles. The molecular formula is C20H24N2O3. The van der Waals surface area contributed by atoms with Gasteiger partial charge in [-0.3, -0.25) is 9.59 Å². The van der Waals surface area contributed by atoms with Gasteiger partial charge in [-0.05, 0) is 37.6 Å². The van der Waals surface area contributed by atoms with Gasteiger partial charge in [0.25, 0.3) is 11.8 Å². The zero-order valence-electron chi connectivity index (χ0n) is 15.1. The molecule has 25 heavy (non-hydrogen) atoms. The Kier molecular flexibility index (Phi) is 6.17. The van der Waals surface area contributed by atoms with E-state index in [4.69, 9.17) is 4.74 Å². The summed E-state index contributed by atoms with van der Waals surface area (Å²) in [4.78, 5) is 26.3. The van der Waals surface area contributed by atoms with Crippen LogP contribution in [0, 0.1) is 6.92 Å². The molecule has 2 amide bonds. The molecule has 1 N–H and O–H groups in total. The molecule has 0 saturated carbocycles. The highest BCUT2D eigenvalue weighted by Gasteiger charge is 2.21. The maximum Gasteiger partial charge on any atom is 0.265 e. The fourth-order valence-corrected chi connectivity index (χ4v) is 2.34. The molecule has 5 nitrogen and oxygen atoms in total. The van der Waals surface area contributed by atoms with E-state index in [2.05, 4.69) is 5.32 Å². The van der Waals surface area contributed by atoms with Crippen molar-refractivity contribution in [2.75, 3.05) is 19.4 Å². The molecule has 0 saturated heterocycles. The van der Waals surface area contributed by atoms with Gasteiger partial charge in [-0.1, -0.05) is 36.8 Å². The number of nitrogens with zero attached hydrogens (tertiary/aromatic N) is 1. The Balaban J connectivity index is 2.14. The highest BCUT2D eigenvalue weighted by Crippen LogP contribution is 2.19. The number of para-hydroxylation sites is 1. The molecule has 0 aliphatic rings. The van der Waals surface area contributed by atoms with E-state index in [0.717, 1.165) is 5.56 Å². The molecule has 0 radical (unpaired) electrons. The number of carbonyl (C=O) groups is 2. The lowest BCUT2D eigenvalue weighted by Gasteiger charge is -2.19. The first kappa shape index (κ1) is 18.5. The third-order valence-corrected chi connectivity index (χ3v) is 3.78. The molecule has 0 fully saturated rings. The second-order valence-corrected chi connectivity index (χ2v) is 6.06. The quantitative estimate of drug-likeness (QED) is 0.876. The number of ether oxygens (including phenoxy) is 1. The van der Waals surface area contributed by atoms with Gasteiger partial charge in [-0.15, -0.1) is 0 Å². The zero-order valence-corrected chi connectivity index (χ0v) is 15.1. The lowest BCUT2D eigenvalue weighted by Crippen LogP contribution is -2.33. The van der Waals surface area contributed by atoms with Crippen LogP contribution in [-0.4, -0.2) is 36.9 Å². The lowest BCUT2D eigenvalue weighted by molar-refractivity contribution is -0.122. The fourth-order valence-electron chi connectivity index (χ4n) is 2.34. The van der Waals surface area contributed by atoms with E-state index in [-0.39, 0.29) is 11.8 Å². The van der Waals surface area contributed by atoms with Crippen molar-refractivity contribution in [3.05, 3.63) is 59.7 Å². The first-order valence-corrected chi connectivity index (χ1v) is 8.27. The summed E-state index contributed by atoms with van der Waals surface area (Å²) in [5, 5.41) is 2.82. The highest BCUT2D eigenvalue weighted by molar-refractivity contribution is 6.04. The standard InChI is InChI=1S/C20H24N2O3/c1-5-18(25-15-12-10-14(2)11-13-15)19(23)21-17-9-7-6-8-16(17)20(24)22(3)4/h6-13,18H,5H2,1-4H3,(H,21,23). The minimum absolute atomic E-state index is 0.164. The van der Waals surface area contributed by atoms with Crippen LogP contribution >= 0.6 is 0 Å². The third-order valence-electron chi connectivity index (χ3n) is 3.78. The molecule has 2 aromatic rings. The maximum atomic E-state index is 12.6. The molecule has 0 bridgehead atoms. The fraction of sp³-hybridized carbons (Fsp3) is 0.300. The van der Waals surface area contributed by atoms with E-state index < -0.39 is 6.10 Å². The summed E-state index contributed by atoms with van der Waals surface area (Å²) in [6.45, 7) is 3.88. The number of hydrogen-bond acceptors (Lipinski definition) is 3. The van der Waals surface area contributed by atoms with Crippen molar-refractivity contribution in [1.29, 1.82) is 0 Å². The molecular weight excluding hydrogens is 316 g/mol. The Morgan fingerprint density at radius 3 is 2.32 bits per heavy atom. The molecule has 0 aliphatic heterocycles. The second-order valence-electron chi connectivity index (χ2n) is 6.06. The number of hydrogen-bond donors (Lipinski definition) is 1. The van der Waals surface area contributed by atoms with Crippen LogP contribution in [0.5, 0.6) is 5.75 Å². The highest BCUT2D eigenvalue weighted by atomic mass is 16.5. The molecule has 0 aromatic heterocycles. The summed E-state index contributed by atoms with van der Waals surface area (Å²) in [6.07, 6.45) is -0.117. The average molecular weight is 340 g/mol. The molecule has 0 heterocycles. The van der Waals surface area contributed by atoms with Gasteiger partial charge in [0, 0.05) is 14.1 Å². The van der Waals surface area contributed by atoms with Gasteiger partial charge in [-0.2, -0.15) is 0 Å². The van der Waals surface area contributed by atoms with Gasteiger partial charge in [0.05, 0.1) is 11.3 Å². The van der Waals surface area contributed by atoms with Crippen LogP contribution < -0.4 is 10.1 Å². The monoisotopic (exact) mass is 340 g/mol. The number of anilines is 1. The minimum atomic E-state index is -0.634. The van der Waals surface area contributed by atoms with Crippen LogP contribution in [0.25, 0.3) is 0 Å². The van der Waals surface area contributed by atoms with Crippen molar-refractivity contribution in [3.8, 4) is 5.75 Å². The molecule has 0 spiro atoms. The van der Waals surface area contributed by atoms with E-state index in [1.165, 1.54) is 4.90 Å². The van der Waals surface area contributed by atoms with E-state index in [1.54, 1.807) is 38.4 Å². The minimum Gasteiger partial charge on any atom is -0.481 e. The van der Waals surface area contributed by atoms with Crippen molar-refractivity contribution in [2.45, 2.75) is 26.4 Å². The van der Waals surface area contributed by atoms with Gasteiger partial charge in [0.2, 0.25) is 0 Å². The predicted molar refractivity (Wildman–Crippen MR) is 99.0 cm³/mol. The van der Waals surface area contributed by atoms with E-state index >= 15 is 0 Å². The number of rotatable bonds is 6. The first-order chi connectivity index (χ1) is 11.9. The smallest absolute Gasteiger partial charge is 0.265 e. The topological polar surface area (TPSA) is 58.6 Å². The van der Waals surface area contributed by atoms with Gasteiger partial charge in [0.1, 0.15) is 5.75 Å². The van der Waals surface area contributed by atoms with Crippen molar-refractivity contribution in [2.24, 2.45) is 0 Å². The van der Waals surface area contributed by atoms with E-state index in [1.807, 2.05) is 38.1 Å². The molecule has 1 unspecified atom stereocenters. The van der Waals surface area contributed by atoms with Crippen LogP contribution in [0.3, 0.4) is 0 Å². The Morgan fingerprint density at radius 2 is 1.72 bits per heavy atom. The van der Waals surface area contributed by atoms with Crippen molar-refractivity contribution < 1.29 is 14.3 Å². The number of aryl methyl sites for hydroxylation is 1. The average Bonchev–Trinajstić information content (AvgIpc) is 2.60. The van der Waals surface area contributed by atoms with Crippen LogP contribution in [0.15, 0.2) is 48.5 Å². The number of amides is 2. The summed E-state index contributed by atoms with van der Waals surface area (Å²) in [5.41, 5.74) is 2.06. The molecule has 1 atom stereocenters.